The van der Waals surface area contributed by atoms with Gasteiger partial charge in [0.25, 0.3) is 11.8 Å². The predicted molar refractivity (Wildman–Crippen MR) is 141 cm³/mol. The molecule has 0 radical (unpaired) electrons. The lowest BCUT2D eigenvalue weighted by atomic mass is 10.1. The minimum Gasteiger partial charge on any atom is -0.493 e. The Labute approximate surface area is 221 Å². The zero-order chi connectivity index (χ0) is 26.0. The van der Waals surface area contributed by atoms with Gasteiger partial charge in [0.05, 0.1) is 17.3 Å². The highest BCUT2D eigenvalue weighted by atomic mass is 79.9. The molecule has 1 heterocycles. The summed E-state index contributed by atoms with van der Waals surface area (Å²) in [6.07, 6.45) is 1.40. The smallest absolute Gasteiger partial charge is 0.335 e. The number of urea groups is 1. The molecule has 184 valence electrons. The van der Waals surface area contributed by atoms with E-state index in [1.165, 1.54) is 19.3 Å². The van der Waals surface area contributed by atoms with Crippen LogP contribution in [-0.2, 0) is 16.2 Å². The third-order valence-corrected chi connectivity index (χ3v) is 6.37. The van der Waals surface area contributed by atoms with E-state index in [0.717, 1.165) is 16.0 Å². The number of aryl methyl sites for hydroxylation is 2. The van der Waals surface area contributed by atoms with E-state index in [-0.39, 0.29) is 5.57 Å². The Morgan fingerprint density at radius 3 is 2.56 bits per heavy atom. The molecule has 0 aromatic heterocycles. The van der Waals surface area contributed by atoms with Crippen LogP contribution in [0.4, 0.5) is 10.5 Å². The average molecular weight is 570 g/mol. The second-order valence-corrected chi connectivity index (χ2v) is 9.49. The minimum absolute atomic E-state index is 0.212. The molecular formula is C27H22BrClN2O5. The normalized spacial score (nSPS) is 14.8. The van der Waals surface area contributed by atoms with Gasteiger partial charge in [0.1, 0.15) is 12.2 Å². The Hall–Kier alpha value is -3.62. The number of hydrogen-bond acceptors (Lipinski definition) is 5. The van der Waals surface area contributed by atoms with Crippen molar-refractivity contribution in [2.75, 3.05) is 12.0 Å². The number of barbiturate groups is 1. The first-order chi connectivity index (χ1) is 17.2. The predicted octanol–water partition coefficient (Wildman–Crippen LogP) is 5.97. The number of imide groups is 2. The van der Waals surface area contributed by atoms with Crippen LogP contribution in [0.15, 0.2) is 64.6 Å². The molecule has 4 amide bonds. The minimum atomic E-state index is -0.842. The topological polar surface area (TPSA) is 84.9 Å². The van der Waals surface area contributed by atoms with Crippen LogP contribution < -0.4 is 19.7 Å². The molecule has 0 unspecified atom stereocenters. The van der Waals surface area contributed by atoms with Crippen molar-refractivity contribution in [3.05, 3.63) is 91.9 Å². The lowest BCUT2D eigenvalue weighted by Gasteiger charge is -2.27. The maximum absolute atomic E-state index is 13.3. The molecule has 3 aromatic rings. The number of ether oxygens (including phenoxy) is 2. The number of methoxy groups -OCH3 is 1. The van der Waals surface area contributed by atoms with Crippen LogP contribution in [0, 0.1) is 13.8 Å². The van der Waals surface area contributed by atoms with Gasteiger partial charge in [-0.15, -0.1) is 0 Å². The highest BCUT2D eigenvalue weighted by Gasteiger charge is 2.37. The largest absolute Gasteiger partial charge is 0.493 e. The molecule has 0 saturated carbocycles. The molecule has 7 nitrogen and oxygen atoms in total. The Kier molecular flexibility index (Phi) is 7.47. The standard InChI is InChI=1S/C27H22BrClN2O5/c1-15-5-4-6-17(9-15)14-36-24-21(28)11-18(12-23(24)35-3)10-20-25(32)30-27(34)31(26(20)33)22-13-19(29)8-7-16(22)2/h4-13H,14H2,1-3H3,(H,30,32,34)/b20-10+. The highest BCUT2D eigenvalue weighted by molar-refractivity contribution is 9.10. The molecule has 0 atom stereocenters. The van der Waals surface area contributed by atoms with Crippen molar-refractivity contribution in [1.29, 1.82) is 0 Å². The van der Waals surface area contributed by atoms with Crippen molar-refractivity contribution in [1.82, 2.24) is 5.32 Å². The van der Waals surface area contributed by atoms with Gasteiger partial charge in [0.15, 0.2) is 11.5 Å². The van der Waals surface area contributed by atoms with Gasteiger partial charge >= 0.3 is 6.03 Å². The zero-order valence-electron chi connectivity index (χ0n) is 19.7. The maximum atomic E-state index is 13.3. The molecule has 4 rings (SSSR count). The number of hydrogen-bond donors (Lipinski definition) is 1. The summed E-state index contributed by atoms with van der Waals surface area (Å²) in [5.41, 5.74) is 3.35. The molecule has 36 heavy (non-hydrogen) atoms. The van der Waals surface area contributed by atoms with Crippen LogP contribution in [0.25, 0.3) is 6.08 Å². The van der Waals surface area contributed by atoms with E-state index in [1.807, 2.05) is 31.2 Å². The van der Waals surface area contributed by atoms with Crippen molar-refractivity contribution < 1.29 is 23.9 Å². The third kappa shape index (κ3) is 5.29. The second-order valence-electron chi connectivity index (χ2n) is 8.20. The van der Waals surface area contributed by atoms with Crippen molar-refractivity contribution in [3.8, 4) is 11.5 Å². The molecule has 0 bridgehead atoms. The van der Waals surface area contributed by atoms with E-state index in [9.17, 15) is 14.4 Å². The number of anilines is 1. The summed E-state index contributed by atoms with van der Waals surface area (Å²) < 4.78 is 12.1. The first kappa shape index (κ1) is 25.5. The highest BCUT2D eigenvalue weighted by Crippen LogP contribution is 2.38. The van der Waals surface area contributed by atoms with Gasteiger partial charge in [0, 0.05) is 5.02 Å². The fourth-order valence-electron chi connectivity index (χ4n) is 3.79. The molecule has 3 aromatic carbocycles. The number of carbonyl (C=O) groups is 3. The van der Waals surface area contributed by atoms with Crippen molar-refractivity contribution in [2.24, 2.45) is 0 Å². The lowest BCUT2D eigenvalue weighted by molar-refractivity contribution is -0.122. The van der Waals surface area contributed by atoms with E-state index < -0.39 is 17.8 Å². The summed E-state index contributed by atoms with van der Waals surface area (Å²) in [6, 6.07) is 15.3. The number of rotatable bonds is 6. The van der Waals surface area contributed by atoms with E-state index in [4.69, 9.17) is 21.1 Å². The van der Waals surface area contributed by atoms with Crippen molar-refractivity contribution in [2.45, 2.75) is 20.5 Å². The molecule has 0 aliphatic carbocycles. The van der Waals surface area contributed by atoms with Crippen LogP contribution in [0.2, 0.25) is 5.02 Å². The summed E-state index contributed by atoms with van der Waals surface area (Å²) in [4.78, 5) is 39.3. The van der Waals surface area contributed by atoms with Crippen LogP contribution in [0.1, 0.15) is 22.3 Å². The molecule has 9 heteroatoms. The summed E-state index contributed by atoms with van der Waals surface area (Å²) in [6.45, 7) is 4.07. The van der Waals surface area contributed by atoms with Crippen LogP contribution in [0.3, 0.4) is 0 Å². The Balaban J connectivity index is 1.66. The summed E-state index contributed by atoms with van der Waals surface area (Å²) >= 11 is 9.58. The van der Waals surface area contributed by atoms with Gasteiger partial charge in [-0.3, -0.25) is 14.9 Å². The number of amides is 4. The molecule has 1 aliphatic heterocycles. The summed E-state index contributed by atoms with van der Waals surface area (Å²) in [7, 11) is 1.50. The molecule has 0 spiro atoms. The third-order valence-electron chi connectivity index (χ3n) is 5.54. The number of halogens is 2. The van der Waals surface area contributed by atoms with E-state index in [2.05, 4.69) is 21.2 Å². The van der Waals surface area contributed by atoms with E-state index in [1.54, 1.807) is 31.2 Å². The van der Waals surface area contributed by atoms with E-state index >= 15 is 0 Å². The van der Waals surface area contributed by atoms with Crippen molar-refractivity contribution >= 4 is 57.1 Å². The second kappa shape index (κ2) is 10.6. The van der Waals surface area contributed by atoms with Gasteiger partial charge in [-0.05, 0) is 76.8 Å². The van der Waals surface area contributed by atoms with Gasteiger partial charge in [0.2, 0.25) is 0 Å². The number of benzene rings is 3. The first-order valence-electron chi connectivity index (χ1n) is 10.9. The number of carbonyl (C=O) groups excluding carboxylic acids is 3. The molecule has 1 aliphatic rings. The monoisotopic (exact) mass is 568 g/mol. The van der Waals surface area contributed by atoms with E-state index in [0.29, 0.717) is 44.4 Å². The summed E-state index contributed by atoms with van der Waals surface area (Å²) in [5.74, 6) is -0.669. The van der Waals surface area contributed by atoms with Crippen LogP contribution in [0.5, 0.6) is 11.5 Å². The van der Waals surface area contributed by atoms with Gasteiger partial charge in [-0.25, -0.2) is 9.69 Å². The molecular weight excluding hydrogens is 548 g/mol. The van der Waals surface area contributed by atoms with Crippen molar-refractivity contribution in [3.63, 3.8) is 0 Å². The molecule has 1 N–H and O–H groups in total. The Bertz CT molecular complexity index is 1420. The number of nitrogens with one attached hydrogen (secondary N) is 1. The molecule has 1 saturated heterocycles. The Morgan fingerprint density at radius 2 is 1.83 bits per heavy atom. The van der Waals surface area contributed by atoms with Gasteiger partial charge in [-0.1, -0.05) is 47.5 Å². The summed E-state index contributed by atoms with van der Waals surface area (Å²) in [5, 5.41) is 2.58. The lowest BCUT2D eigenvalue weighted by Crippen LogP contribution is -2.54. The van der Waals surface area contributed by atoms with Crippen LogP contribution in [-0.4, -0.2) is 25.0 Å². The fourth-order valence-corrected chi connectivity index (χ4v) is 4.53. The number of nitrogens with zero attached hydrogens (tertiary/aromatic N) is 1. The molecule has 1 fully saturated rings. The average Bonchev–Trinajstić information content (AvgIpc) is 2.83. The maximum Gasteiger partial charge on any atom is 0.335 e. The fraction of sp³-hybridized carbons (Fsp3) is 0.148. The Morgan fingerprint density at radius 1 is 1.06 bits per heavy atom. The van der Waals surface area contributed by atoms with Crippen LogP contribution >= 0.6 is 27.5 Å². The quantitative estimate of drug-likeness (QED) is 0.292. The first-order valence-corrected chi connectivity index (χ1v) is 12.1. The van der Waals surface area contributed by atoms with Gasteiger partial charge in [-0.2, -0.15) is 0 Å². The SMILES string of the molecule is COc1cc(/C=C2\C(=O)NC(=O)N(c3cc(Cl)ccc3C)C2=O)cc(Br)c1OCc1cccc(C)c1. The zero-order valence-corrected chi connectivity index (χ0v) is 22.1. The van der Waals surface area contributed by atoms with Gasteiger partial charge < -0.3 is 9.47 Å².